The molecule has 0 bridgehead atoms. The van der Waals surface area contributed by atoms with Crippen LogP contribution in [-0.2, 0) is 19.1 Å². The molecule has 0 rings (SSSR count). The molecule has 0 fully saturated rings. The van der Waals surface area contributed by atoms with E-state index in [1.54, 1.807) is 0 Å². The van der Waals surface area contributed by atoms with E-state index < -0.39 is 18.0 Å². The largest absolute Gasteiger partial charge is 0.459 e. The molecule has 0 aliphatic heterocycles. The zero-order valence-corrected chi connectivity index (χ0v) is 8.43. The number of aliphatic hydroxyl groups is 1. The Kier molecular flexibility index (Phi) is 6.05. The molecule has 0 aromatic carbocycles. The lowest BCUT2D eigenvalue weighted by atomic mass is 10.3. The average Bonchev–Trinajstić information content (AvgIpc) is 2.21. The summed E-state index contributed by atoms with van der Waals surface area (Å²) in [5.41, 5.74) is 0.227. The van der Waals surface area contributed by atoms with Gasteiger partial charge in [-0.15, -0.1) is 0 Å². The molecule has 1 radical (unpaired) electrons. The van der Waals surface area contributed by atoms with Gasteiger partial charge in [0, 0.05) is 11.6 Å². The predicted octanol–water partition coefficient (Wildman–Crippen LogP) is 0.358. The Balaban J connectivity index is 3.70. The number of hydrogen-bond acceptors (Lipinski definition) is 5. The predicted molar refractivity (Wildman–Crippen MR) is 52.4 cm³/mol. The molecular formula is C10H13O5. The van der Waals surface area contributed by atoms with Gasteiger partial charge in [0.25, 0.3) is 0 Å². The topological polar surface area (TPSA) is 72.8 Å². The summed E-state index contributed by atoms with van der Waals surface area (Å²) >= 11 is 0. The first-order chi connectivity index (χ1) is 6.97. The van der Waals surface area contributed by atoms with Crippen LogP contribution in [-0.4, -0.2) is 29.8 Å². The van der Waals surface area contributed by atoms with E-state index >= 15 is 0 Å². The van der Waals surface area contributed by atoms with Gasteiger partial charge < -0.3 is 14.6 Å². The molecular weight excluding hydrogens is 200 g/mol. The van der Waals surface area contributed by atoms with E-state index in [1.165, 1.54) is 6.92 Å². The van der Waals surface area contributed by atoms with Crippen LogP contribution in [0.1, 0.15) is 6.92 Å². The van der Waals surface area contributed by atoms with Gasteiger partial charge in [-0.3, -0.25) is 0 Å². The highest BCUT2D eigenvalue weighted by molar-refractivity contribution is 5.86. The zero-order chi connectivity index (χ0) is 11.8. The van der Waals surface area contributed by atoms with E-state index in [2.05, 4.69) is 22.6 Å². The fourth-order valence-corrected chi connectivity index (χ4v) is 0.517. The van der Waals surface area contributed by atoms with Crippen molar-refractivity contribution in [2.24, 2.45) is 0 Å². The average molecular weight is 213 g/mol. The summed E-state index contributed by atoms with van der Waals surface area (Å²) < 4.78 is 8.99. The van der Waals surface area contributed by atoms with Crippen LogP contribution in [0, 0.1) is 6.61 Å². The maximum absolute atomic E-state index is 10.9. The van der Waals surface area contributed by atoms with Gasteiger partial charge in [0.05, 0.1) is 0 Å². The molecule has 15 heavy (non-hydrogen) atoms. The Hall–Kier alpha value is -1.62. The third kappa shape index (κ3) is 6.45. The molecule has 0 amide bonds. The van der Waals surface area contributed by atoms with Crippen LogP contribution in [0.15, 0.2) is 24.8 Å². The van der Waals surface area contributed by atoms with E-state index in [0.29, 0.717) is 0 Å². The number of rotatable bonds is 6. The summed E-state index contributed by atoms with van der Waals surface area (Å²) in [6.45, 7) is 8.56. The van der Waals surface area contributed by atoms with Crippen LogP contribution in [0.2, 0.25) is 0 Å². The van der Waals surface area contributed by atoms with Gasteiger partial charge >= 0.3 is 11.9 Å². The summed E-state index contributed by atoms with van der Waals surface area (Å²) in [6, 6.07) is 0. The zero-order valence-electron chi connectivity index (χ0n) is 8.43. The second-order valence-electron chi connectivity index (χ2n) is 2.72. The highest BCUT2D eigenvalue weighted by Crippen LogP contribution is 1.98. The number of aliphatic hydroxyl groups excluding tert-OH is 1. The second-order valence-corrected chi connectivity index (χ2v) is 2.72. The highest BCUT2D eigenvalue weighted by atomic mass is 16.6. The van der Waals surface area contributed by atoms with E-state index in [9.17, 15) is 9.59 Å². The summed E-state index contributed by atoms with van der Waals surface area (Å²) in [5.74, 6) is -1.31. The van der Waals surface area contributed by atoms with Crippen molar-refractivity contribution in [1.82, 2.24) is 0 Å². The van der Waals surface area contributed by atoms with Crippen molar-refractivity contribution in [3.63, 3.8) is 0 Å². The smallest absolute Gasteiger partial charge is 0.333 e. The third-order valence-corrected chi connectivity index (χ3v) is 1.24. The molecule has 0 aromatic heterocycles. The maximum atomic E-state index is 10.9. The van der Waals surface area contributed by atoms with Crippen molar-refractivity contribution in [2.45, 2.75) is 13.0 Å². The van der Waals surface area contributed by atoms with Crippen molar-refractivity contribution in [3.8, 4) is 0 Å². The van der Waals surface area contributed by atoms with Crippen molar-refractivity contribution >= 4 is 11.9 Å². The van der Waals surface area contributed by atoms with Crippen LogP contribution < -0.4 is 0 Å². The normalized spacial score (nSPS) is 11.3. The minimum Gasteiger partial charge on any atom is -0.459 e. The van der Waals surface area contributed by atoms with Gasteiger partial charge in [0.15, 0.2) is 6.61 Å². The van der Waals surface area contributed by atoms with Crippen LogP contribution in [0.4, 0.5) is 0 Å². The molecule has 0 aliphatic rings. The third-order valence-electron chi connectivity index (χ3n) is 1.24. The number of carbonyl (C=O) groups excluding carboxylic acids is 2. The van der Waals surface area contributed by atoms with Crippen molar-refractivity contribution in [3.05, 3.63) is 31.4 Å². The molecule has 0 spiro atoms. The molecule has 0 saturated carbocycles. The van der Waals surface area contributed by atoms with Crippen LogP contribution in [0.3, 0.4) is 0 Å². The van der Waals surface area contributed by atoms with Gasteiger partial charge in [0.2, 0.25) is 0 Å². The Morgan fingerprint density at radius 3 is 2.60 bits per heavy atom. The Labute approximate surface area is 88.0 Å². The molecule has 83 valence electrons. The molecule has 1 N–H and O–H groups in total. The summed E-state index contributed by atoms with van der Waals surface area (Å²) in [6.07, 6.45) is -0.222. The van der Waals surface area contributed by atoms with Crippen molar-refractivity contribution in [1.29, 1.82) is 0 Å². The molecule has 5 heteroatoms. The number of ether oxygens (including phenoxy) is 2. The maximum Gasteiger partial charge on any atom is 0.333 e. The standard InChI is InChI=1S/C10H13O5/c1-4-9(12)14-5-8(11)6-15-10(13)7(2)3/h4-5,8,11H,1-2,6H2,3H3. The van der Waals surface area contributed by atoms with Gasteiger partial charge in [-0.2, -0.15) is 0 Å². The van der Waals surface area contributed by atoms with Gasteiger partial charge in [-0.05, 0) is 6.92 Å². The Bertz CT molecular complexity index is 269. The van der Waals surface area contributed by atoms with E-state index in [1.807, 2.05) is 0 Å². The first-order valence-corrected chi connectivity index (χ1v) is 4.14. The molecule has 1 unspecified atom stereocenters. The molecule has 0 saturated heterocycles. The number of hydrogen-bond donors (Lipinski definition) is 1. The van der Waals surface area contributed by atoms with Gasteiger partial charge in [0.1, 0.15) is 12.7 Å². The minimum atomic E-state index is -1.17. The Morgan fingerprint density at radius 1 is 1.53 bits per heavy atom. The fourth-order valence-electron chi connectivity index (χ4n) is 0.517. The van der Waals surface area contributed by atoms with Crippen LogP contribution in [0.5, 0.6) is 0 Å². The first-order valence-electron chi connectivity index (χ1n) is 4.14. The number of carbonyl (C=O) groups is 2. The summed E-state index contributed by atoms with van der Waals surface area (Å²) in [4.78, 5) is 21.4. The quantitative estimate of drug-likeness (QED) is 0.509. The van der Waals surface area contributed by atoms with Crippen LogP contribution >= 0.6 is 0 Å². The lowest BCUT2D eigenvalue weighted by molar-refractivity contribution is -0.143. The molecule has 5 nitrogen and oxygen atoms in total. The molecule has 0 aliphatic carbocycles. The molecule has 0 aromatic rings. The van der Waals surface area contributed by atoms with Gasteiger partial charge in [-0.1, -0.05) is 13.2 Å². The summed E-state index contributed by atoms with van der Waals surface area (Å²) in [7, 11) is 0. The van der Waals surface area contributed by atoms with Crippen molar-refractivity contribution in [2.75, 3.05) is 6.61 Å². The SMILES string of the molecule is C=CC(=O)O[CH]C(O)COC(=O)C(=C)C. The summed E-state index contributed by atoms with van der Waals surface area (Å²) in [5, 5.41) is 9.15. The first kappa shape index (κ1) is 13.4. The van der Waals surface area contributed by atoms with Crippen molar-refractivity contribution < 1.29 is 24.2 Å². The Morgan fingerprint density at radius 2 is 2.13 bits per heavy atom. The highest BCUT2D eigenvalue weighted by Gasteiger charge is 2.11. The fraction of sp³-hybridized carbons (Fsp3) is 0.300. The number of esters is 2. The van der Waals surface area contributed by atoms with E-state index in [0.717, 1.165) is 12.7 Å². The van der Waals surface area contributed by atoms with E-state index in [-0.39, 0.29) is 12.2 Å². The minimum absolute atomic E-state index is 0.227. The monoisotopic (exact) mass is 213 g/mol. The lowest BCUT2D eigenvalue weighted by Gasteiger charge is -2.09. The van der Waals surface area contributed by atoms with E-state index in [4.69, 9.17) is 5.11 Å². The lowest BCUT2D eigenvalue weighted by Crippen LogP contribution is -2.21. The van der Waals surface area contributed by atoms with Gasteiger partial charge in [-0.25, -0.2) is 9.59 Å². The molecule has 0 heterocycles. The molecule has 1 atom stereocenters. The van der Waals surface area contributed by atoms with Crippen LogP contribution in [0.25, 0.3) is 0 Å². The second kappa shape index (κ2) is 6.78.